The fourth-order valence-corrected chi connectivity index (χ4v) is 0.763. The molecule has 0 radical (unpaired) electrons. The van der Waals surface area contributed by atoms with Crippen molar-refractivity contribution in [2.24, 2.45) is 0 Å². The van der Waals surface area contributed by atoms with Gasteiger partial charge in [0, 0.05) is 13.0 Å². The Morgan fingerprint density at radius 3 is 2.73 bits per heavy atom. The molecule has 0 rings (SSSR count). The highest BCUT2D eigenvalue weighted by atomic mass is 16.4. The Bertz CT molecular complexity index is 160. The Kier molecular flexibility index (Phi) is 5.22. The van der Waals surface area contributed by atoms with Gasteiger partial charge < -0.3 is 5.11 Å². The number of terminal acetylenes is 1. The maximum absolute atomic E-state index is 10.2. The minimum Gasteiger partial charge on any atom is -0.480 e. The number of hydrogen-bond acceptors (Lipinski definition) is 2. The summed E-state index contributed by atoms with van der Waals surface area (Å²) >= 11 is 0. The maximum Gasteiger partial charge on any atom is 0.317 e. The van der Waals surface area contributed by atoms with Crippen molar-refractivity contribution in [3.8, 4) is 12.3 Å². The summed E-state index contributed by atoms with van der Waals surface area (Å²) in [5.74, 6) is 1.67. The van der Waals surface area contributed by atoms with Gasteiger partial charge in [-0.15, -0.1) is 12.3 Å². The van der Waals surface area contributed by atoms with Gasteiger partial charge in [0.1, 0.15) is 0 Å². The third kappa shape index (κ3) is 5.43. The van der Waals surface area contributed by atoms with Crippen LogP contribution < -0.4 is 0 Å². The zero-order chi connectivity index (χ0) is 8.69. The number of carboxylic acid groups (broad SMARTS) is 1. The van der Waals surface area contributed by atoms with Crippen LogP contribution in [0.5, 0.6) is 0 Å². The summed E-state index contributed by atoms with van der Waals surface area (Å²) in [7, 11) is 0. The standard InChI is InChI=1S/C8H13NO2/c1-3-5-6-9(4-2)7-8(10)11/h1H,4-7H2,2H3,(H,10,11). The van der Waals surface area contributed by atoms with Crippen LogP contribution in [0.4, 0.5) is 0 Å². The van der Waals surface area contributed by atoms with E-state index < -0.39 is 5.97 Å². The molecule has 0 aromatic heterocycles. The van der Waals surface area contributed by atoms with Crippen LogP contribution in [0, 0.1) is 12.3 Å². The Morgan fingerprint density at radius 1 is 1.73 bits per heavy atom. The number of hydrogen-bond donors (Lipinski definition) is 1. The van der Waals surface area contributed by atoms with Crippen molar-refractivity contribution in [2.45, 2.75) is 13.3 Å². The van der Waals surface area contributed by atoms with Gasteiger partial charge in [-0.3, -0.25) is 9.69 Å². The van der Waals surface area contributed by atoms with Crippen molar-refractivity contribution in [1.82, 2.24) is 4.90 Å². The normalized spacial score (nSPS) is 9.55. The number of nitrogens with zero attached hydrogens (tertiary/aromatic N) is 1. The second kappa shape index (κ2) is 5.75. The molecule has 0 aliphatic carbocycles. The quantitative estimate of drug-likeness (QED) is 0.585. The molecule has 0 amide bonds. The Balaban J connectivity index is 3.59. The summed E-state index contributed by atoms with van der Waals surface area (Å²) < 4.78 is 0. The van der Waals surface area contributed by atoms with Crippen LogP contribution in [0.15, 0.2) is 0 Å². The SMILES string of the molecule is C#CCCN(CC)CC(=O)O. The third-order valence-corrected chi connectivity index (χ3v) is 1.38. The zero-order valence-corrected chi connectivity index (χ0v) is 6.71. The topological polar surface area (TPSA) is 40.5 Å². The zero-order valence-electron chi connectivity index (χ0n) is 6.71. The first kappa shape index (κ1) is 9.99. The summed E-state index contributed by atoms with van der Waals surface area (Å²) in [6.45, 7) is 3.39. The van der Waals surface area contributed by atoms with Crippen LogP contribution in [-0.2, 0) is 4.79 Å². The van der Waals surface area contributed by atoms with Gasteiger partial charge >= 0.3 is 5.97 Å². The van der Waals surface area contributed by atoms with E-state index in [0.29, 0.717) is 13.0 Å². The van der Waals surface area contributed by atoms with Gasteiger partial charge in [0.2, 0.25) is 0 Å². The van der Waals surface area contributed by atoms with Crippen molar-refractivity contribution in [1.29, 1.82) is 0 Å². The second-order valence-corrected chi connectivity index (χ2v) is 2.22. The van der Waals surface area contributed by atoms with E-state index in [0.717, 1.165) is 6.54 Å². The van der Waals surface area contributed by atoms with Crippen molar-refractivity contribution in [3.63, 3.8) is 0 Å². The van der Waals surface area contributed by atoms with Crippen molar-refractivity contribution < 1.29 is 9.90 Å². The average Bonchev–Trinajstić information content (AvgIpc) is 1.97. The largest absolute Gasteiger partial charge is 0.480 e. The van der Waals surface area contributed by atoms with Crippen LogP contribution in [0.1, 0.15) is 13.3 Å². The van der Waals surface area contributed by atoms with Gasteiger partial charge in [0.15, 0.2) is 0 Å². The third-order valence-electron chi connectivity index (χ3n) is 1.38. The van der Waals surface area contributed by atoms with Gasteiger partial charge in [0.25, 0.3) is 0 Å². The summed E-state index contributed by atoms with van der Waals surface area (Å²) in [5.41, 5.74) is 0. The first-order valence-electron chi connectivity index (χ1n) is 3.58. The van der Waals surface area contributed by atoms with E-state index in [4.69, 9.17) is 11.5 Å². The lowest BCUT2D eigenvalue weighted by atomic mass is 10.4. The van der Waals surface area contributed by atoms with Crippen molar-refractivity contribution >= 4 is 5.97 Å². The molecule has 0 aliphatic rings. The molecular weight excluding hydrogens is 142 g/mol. The molecule has 0 atom stereocenters. The summed E-state index contributed by atoms with van der Waals surface area (Å²) in [6, 6.07) is 0. The molecule has 1 N–H and O–H groups in total. The molecule has 3 heteroatoms. The van der Waals surface area contributed by atoms with E-state index in [1.165, 1.54) is 0 Å². The van der Waals surface area contributed by atoms with Crippen LogP contribution in [0.3, 0.4) is 0 Å². The lowest BCUT2D eigenvalue weighted by Gasteiger charge is -2.15. The second-order valence-electron chi connectivity index (χ2n) is 2.22. The summed E-state index contributed by atoms with van der Waals surface area (Å²) in [4.78, 5) is 12.0. The minimum absolute atomic E-state index is 0.0815. The Morgan fingerprint density at radius 2 is 2.36 bits per heavy atom. The Hall–Kier alpha value is -1.01. The molecule has 0 aromatic rings. The van der Waals surface area contributed by atoms with E-state index in [-0.39, 0.29) is 6.54 Å². The maximum atomic E-state index is 10.2. The molecular formula is C8H13NO2. The van der Waals surface area contributed by atoms with Gasteiger partial charge in [-0.2, -0.15) is 0 Å². The number of likely N-dealkylation sites (N-methyl/N-ethyl adjacent to an activating group) is 1. The van der Waals surface area contributed by atoms with Gasteiger partial charge in [-0.25, -0.2) is 0 Å². The lowest BCUT2D eigenvalue weighted by Crippen LogP contribution is -2.30. The fraction of sp³-hybridized carbons (Fsp3) is 0.625. The predicted octanol–water partition coefficient (Wildman–Crippen LogP) is 0.416. The van der Waals surface area contributed by atoms with Gasteiger partial charge in [-0.1, -0.05) is 6.92 Å². The fourth-order valence-electron chi connectivity index (χ4n) is 0.763. The molecule has 0 unspecified atom stereocenters. The van der Waals surface area contributed by atoms with Gasteiger partial charge in [0.05, 0.1) is 6.54 Å². The number of carboxylic acids is 1. The van der Waals surface area contributed by atoms with E-state index in [9.17, 15) is 4.79 Å². The highest BCUT2D eigenvalue weighted by molar-refractivity contribution is 5.69. The molecule has 0 spiro atoms. The Labute approximate surface area is 67.0 Å². The van der Waals surface area contributed by atoms with Crippen molar-refractivity contribution in [3.05, 3.63) is 0 Å². The van der Waals surface area contributed by atoms with Crippen LogP contribution in [-0.4, -0.2) is 35.6 Å². The lowest BCUT2D eigenvalue weighted by molar-refractivity contribution is -0.138. The van der Waals surface area contributed by atoms with E-state index >= 15 is 0 Å². The molecule has 0 heterocycles. The monoisotopic (exact) mass is 155 g/mol. The highest BCUT2D eigenvalue weighted by Gasteiger charge is 2.04. The van der Waals surface area contributed by atoms with Crippen LogP contribution in [0.25, 0.3) is 0 Å². The molecule has 11 heavy (non-hydrogen) atoms. The molecule has 0 saturated heterocycles. The molecule has 0 fully saturated rings. The van der Waals surface area contributed by atoms with Crippen LogP contribution >= 0.6 is 0 Å². The molecule has 62 valence electrons. The van der Waals surface area contributed by atoms with Crippen LogP contribution in [0.2, 0.25) is 0 Å². The molecule has 0 bridgehead atoms. The number of carbonyl (C=O) groups is 1. The van der Waals surface area contributed by atoms with E-state index in [2.05, 4.69) is 5.92 Å². The molecule has 0 saturated carbocycles. The summed E-state index contributed by atoms with van der Waals surface area (Å²) in [6.07, 6.45) is 5.65. The average molecular weight is 155 g/mol. The highest BCUT2D eigenvalue weighted by Crippen LogP contribution is 1.89. The minimum atomic E-state index is -0.802. The smallest absolute Gasteiger partial charge is 0.317 e. The first-order chi connectivity index (χ1) is 5.20. The number of rotatable bonds is 5. The van der Waals surface area contributed by atoms with E-state index in [1.807, 2.05) is 6.92 Å². The van der Waals surface area contributed by atoms with Gasteiger partial charge in [-0.05, 0) is 6.54 Å². The van der Waals surface area contributed by atoms with Crippen molar-refractivity contribution in [2.75, 3.05) is 19.6 Å². The predicted molar refractivity (Wildman–Crippen MR) is 43.2 cm³/mol. The molecule has 0 aliphatic heterocycles. The summed E-state index contributed by atoms with van der Waals surface area (Å²) in [5, 5.41) is 8.42. The van der Waals surface area contributed by atoms with E-state index in [1.54, 1.807) is 4.90 Å². The molecule has 0 aromatic carbocycles. The molecule has 3 nitrogen and oxygen atoms in total. The number of aliphatic carboxylic acids is 1. The first-order valence-corrected chi connectivity index (χ1v) is 3.58.